The number of hydrogen-bond donors (Lipinski definition) is 2. The number of carboxylic acids is 1. The van der Waals surface area contributed by atoms with Gasteiger partial charge in [0.15, 0.2) is 5.16 Å². The summed E-state index contributed by atoms with van der Waals surface area (Å²) in [7, 11) is -1.36. The highest BCUT2D eigenvalue weighted by Crippen LogP contribution is 2.20. The molecule has 2 heterocycles. The number of carboxylic acid groups (broad SMARTS) is 1. The molecule has 7 heteroatoms. The van der Waals surface area contributed by atoms with Crippen molar-refractivity contribution in [1.82, 2.24) is 15.0 Å². The largest absolute Gasteiger partial charge is 0.472 e. The van der Waals surface area contributed by atoms with Gasteiger partial charge < -0.3 is 10.1 Å². The van der Waals surface area contributed by atoms with E-state index >= 15 is 0 Å². The molecule has 126 valence electrons. The van der Waals surface area contributed by atoms with E-state index in [4.69, 9.17) is 5.11 Å². The minimum absolute atomic E-state index is 0.275. The fraction of sp³-hybridized carbons (Fsp3) is 0.167. The molecule has 3 rings (SSSR count). The van der Waals surface area contributed by atoms with Crippen LogP contribution in [0, 0.1) is 25.7 Å². The quantitative estimate of drug-likeness (QED) is 0.705. The lowest BCUT2D eigenvalue weighted by Gasteiger charge is -2.02. The van der Waals surface area contributed by atoms with Crippen LogP contribution in [0.3, 0.4) is 0 Å². The summed E-state index contributed by atoms with van der Waals surface area (Å²) in [6.45, 7) is 3.76. The summed E-state index contributed by atoms with van der Waals surface area (Å²) < 4.78 is 12.6. The fourth-order valence-corrected chi connectivity index (χ4v) is 3.48. The van der Waals surface area contributed by atoms with E-state index < -0.39 is 16.8 Å². The van der Waals surface area contributed by atoms with Gasteiger partial charge in [0.2, 0.25) is 0 Å². The smallest absolute Gasteiger partial charge is 0.382 e. The second-order valence-electron chi connectivity index (χ2n) is 5.54. The second kappa shape index (κ2) is 6.87. The first kappa shape index (κ1) is 16.9. The van der Waals surface area contributed by atoms with E-state index in [2.05, 4.69) is 26.8 Å². The molecule has 0 aliphatic heterocycles. The molecule has 0 amide bonds. The molecular weight excluding hydrogens is 338 g/mol. The molecule has 1 atom stereocenters. The van der Waals surface area contributed by atoms with Crippen molar-refractivity contribution in [3.8, 4) is 11.8 Å². The monoisotopic (exact) mass is 353 g/mol. The van der Waals surface area contributed by atoms with Crippen LogP contribution in [0.15, 0.2) is 35.6 Å². The average Bonchev–Trinajstić information content (AvgIpc) is 2.97. The lowest BCUT2D eigenvalue weighted by molar-refractivity contribution is -0.130. The Morgan fingerprint density at radius 2 is 2.12 bits per heavy atom. The van der Waals surface area contributed by atoms with E-state index in [1.54, 1.807) is 12.3 Å². The molecule has 0 bridgehead atoms. The van der Waals surface area contributed by atoms with Crippen LogP contribution >= 0.6 is 0 Å². The molecule has 0 aliphatic rings. The minimum atomic E-state index is -1.36. The van der Waals surface area contributed by atoms with E-state index in [0.29, 0.717) is 16.2 Å². The predicted octanol–water partition coefficient (Wildman–Crippen LogP) is 2.32. The number of aromatic nitrogens is 3. The summed E-state index contributed by atoms with van der Waals surface area (Å²) in [6, 6.07) is 7.28. The number of aryl methyl sites for hydroxylation is 2. The summed E-state index contributed by atoms with van der Waals surface area (Å²) in [5.74, 6) is 3.79. The van der Waals surface area contributed by atoms with Gasteiger partial charge in [0.1, 0.15) is 0 Å². The molecule has 2 aromatic heterocycles. The summed E-state index contributed by atoms with van der Waals surface area (Å²) in [6.07, 6.45) is 1.68. The van der Waals surface area contributed by atoms with E-state index in [9.17, 15) is 9.00 Å². The maximum atomic E-state index is 12.6. The van der Waals surface area contributed by atoms with Crippen LogP contribution < -0.4 is 0 Å². The van der Waals surface area contributed by atoms with Gasteiger partial charge in [-0.25, -0.2) is 9.78 Å². The number of hydrogen-bond acceptors (Lipinski definition) is 4. The third-order valence-corrected chi connectivity index (χ3v) is 4.87. The van der Waals surface area contributed by atoms with Crippen LogP contribution in [-0.4, -0.2) is 30.2 Å². The first-order valence-electron chi connectivity index (χ1n) is 7.48. The zero-order chi connectivity index (χ0) is 18.0. The number of fused-ring (bicyclic) bond motifs is 1. The molecule has 0 aliphatic carbocycles. The zero-order valence-electron chi connectivity index (χ0n) is 13.7. The van der Waals surface area contributed by atoms with Crippen LogP contribution in [0.25, 0.3) is 11.0 Å². The van der Waals surface area contributed by atoms with Crippen molar-refractivity contribution in [3.05, 3.63) is 52.8 Å². The van der Waals surface area contributed by atoms with Crippen LogP contribution in [0.2, 0.25) is 0 Å². The number of rotatable bonds is 3. The maximum Gasteiger partial charge on any atom is 0.382 e. The van der Waals surface area contributed by atoms with Gasteiger partial charge in [-0.15, -0.1) is 0 Å². The lowest BCUT2D eigenvalue weighted by atomic mass is 10.1. The van der Waals surface area contributed by atoms with Gasteiger partial charge in [0.25, 0.3) is 0 Å². The average molecular weight is 353 g/mol. The van der Waals surface area contributed by atoms with Crippen molar-refractivity contribution >= 4 is 27.8 Å². The Balaban J connectivity index is 1.93. The number of aliphatic carboxylic acids is 1. The van der Waals surface area contributed by atoms with Crippen LogP contribution in [-0.2, 0) is 21.3 Å². The maximum absolute atomic E-state index is 12.6. The fourth-order valence-electron chi connectivity index (χ4n) is 2.37. The first-order chi connectivity index (χ1) is 11.9. The minimum Gasteiger partial charge on any atom is -0.472 e. The standard InChI is InChI=1S/C18H15N3O3S/c1-11-4-3-7-19-16(11)10-25(24)18-20-14-8-12(2)13(5-6-17(22)23)9-15(14)21-18/h3-4,7-9H,10H2,1-2H3,(H,20,21)(H,22,23). The second-order valence-corrected chi connectivity index (χ2v) is 6.90. The zero-order valence-corrected chi connectivity index (χ0v) is 14.5. The summed E-state index contributed by atoms with van der Waals surface area (Å²) in [4.78, 5) is 22.3. The van der Waals surface area contributed by atoms with Crippen molar-refractivity contribution in [1.29, 1.82) is 0 Å². The number of imidazole rings is 1. The van der Waals surface area contributed by atoms with Crippen molar-refractivity contribution in [2.75, 3.05) is 0 Å². The highest BCUT2D eigenvalue weighted by molar-refractivity contribution is 7.84. The highest BCUT2D eigenvalue weighted by atomic mass is 32.2. The SMILES string of the molecule is Cc1cc2[nH]c(S(=O)Cc3ncccc3C)nc2cc1C#CC(=O)O. The van der Waals surface area contributed by atoms with Gasteiger partial charge in [-0.05, 0) is 43.2 Å². The molecule has 3 aromatic rings. The third kappa shape index (κ3) is 3.75. The molecular formula is C18H15N3O3S. The van der Waals surface area contributed by atoms with E-state index in [0.717, 1.165) is 22.3 Å². The predicted molar refractivity (Wildman–Crippen MR) is 94.4 cm³/mol. The van der Waals surface area contributed by atoms with E-state index in [-0.39, 0.29) is 5.75 Å². The first-order valence-corrected chi connectivity index (χ1v) is 8.80. The molecule has 0 radical (unpaired) electrons. The Bertz CT molecular complexity index is 1060. The third-order valence-electron chi connectivity index (χ3n) is 3.71. The number of pyridine rings is 1. The van der Waals surface area contributed by atoms with Crippen molar-refractivity contribution in [2.24, 2.45) is 0 Å². The Morgan fingerprint density at radius 3 is 2.84 bits per heavy atom. The molecule has 1 aromatic carbocycles. The topological polar surface area (TPSA) is 95.9 Å². The normalized spacial score (nSPS) is 11.8. The molecule has 6 nitrogen and oxygen atoms in total. The molecule has 0 spiro atoms. The number of aromatic amines is 1. The number of nitrogens with zero attached hydrogens (tertiary/aromatic N) is 2. The van der Waals surface area contributed by atoms with Crippen molar-refractivity contribution in [2.45, 2.75) is 24.8 Å². The molecule has 0 fully saturated rings. The number of nitrogens with one attached hydrogen (secondary N) is 1. The molecule has 1 unspecified atom stereocenters. The molecule has 0 saturated carbocycles. The number of H-pyrrole nitrogens is 1. The van der Waals surface area contributed by atoms with Gasteiger partial charge in [0.05, 0.1) is 33.3 Å². The molecule has 2 N–H and O–H groups in total. The number of benzene rings is 1. The van der Waals surface area contributed by atoms with Crippen molar-refractivity contribution in [3.63, 3.8) is 0 Å². The van der Waals surface area contributed by atoms with Crippen LogP contribution in [0.1, 0.15) is 22.4 Å². The summed E-state index contributed by atoms with van der Waals surface area (Å²) in [5, 5.41) is 9.04. The Kier molecular flexibility index (Phi) is 4.63. The van der Waals surface area contributed by atoms with Gasteiger partial charge >= 0.3 is 5.97 Å². The molecule has 25 heavy (non-hydrogen) atoms. The van der Waals surface area contributed by atoms with E-state index in [1.165, 1.54) is 0 Å². The van der Waals surface area contributed by atoms with E-state index in [1.807, 2.05) is 32.0 Å². The summed E-state index contributed by atoms with van der Waals surface area (Å²) >= 11 is 0. The van der Waals surface area contributed by atoms with Gasteiger partial charge in [-0.3, -0.25) is 9.19 Å². The number of carbonyl (C=O) groups is 1. The Morgan fingerprint density at radius 1 is 1.32 bits per heavy atom. The lowest BCUT2D eigenvalue weighted by Crippen LogP contribution is -2.02. The molecule has 0 saturated heterocycles. The van der Waals surface area contributed by atoms with Gasteiger partial charge in [-0.2, -0.15) is 0 Å². The summed E-state index contributed by atoms with van der Waals surface area (Å²) in [5.41, 5.74) is 4.49. The van der Waals surface area contributed by atoms with Gasteiger partial charge in [0, 0.05) is 17.7 Å². The Labute approximate surface area is 146 Å². The van der Waals surface area contributed by atoms with Gasteiger partial charge in [-0.1, -0.05) is 12.0 Å². The highest BCUT2D eigenvalue weighted by Gasteiger charge is 2.13. The van der Waals surface area contributed by atoms with Crippen LogP contribution in [0.5, 0.6) is 0 Å². The van der Waals surface area contributed by atoms with Crippen LogP contribution in [0.4, 0.5) is 0 Å². The Hall–Kier alpha value is -2.98. The van der Waals surface area contributed by atoms with Crippen molar-refractivity contribution < 1.29 is 14.1 Å².